The quantitative estimate of drug-likeness (QED) is 0.0320. The van der Waals surface area contributed by atoms with E-state index in [9.17, 15) is 19.8 Å². The van der Waals surface area contributed by atoms with Crippen LogP contribution >= 0.6 is 0 Å². The molecule has 6 heteroatoms. The zero-order chi connectivity index (χ0) is 55.0. The molecule has 0 saturated carbocycles. The molecule has 0 rings (SSSR count). The molecule has 2 unspecified atom stereocenters. The van der Waals surface area contributed by atoms with Gasteiger partial charge in [-0.1, -0.05) is 306 Å². The highest BCUT2D eigenvalue weighted by atomic mass is 16.5. The molecule has 0 spiro atoms. The number of amides is 1. The average molecular weight is 1070 g/mol. The number of esters is 1. The van der Waals surface area contributed by atoms with Gasteiger partial charge in [-0.05, 0) is 89.9 Å². The monoisotopic (exact) mass is 1070 g/mol. The molecule has 0 fully saturated rings. The first kappa shape index (κ1) is 73.8. The van der Waals surface area contributed by atoms with Crippen LogP contribution in [0.4, 0.5) is 0 Å². The third kappa shape index (κ3) is 61.0. The lowest BCUT2D eigenvalue weighted by Gasteiger charge is -2.20. The standard InChI is InChI=1S/C70H131NO5/c1-3-5-7-9-11-13-15-17-18-37-40-44-48-52-56-60-64-70(75)76-65-61-57-53-49-45-41-38-35-33-31-29-27-25-23-21-19-20-22-24-26-28-30-32-34-36-39-43-47-51-55-59-63-69(74)71-67(66-72)68(73)62-58-54-50-46-42-16-14-12-10-8-6-4-2/h18,21,23,27,29,37,58,62,67-68,72-73H,3-17,19-20,22,24-26,28,30-36,38-57,59-61,63-66H2,1-2H3,(H,71,74)/b23-21-,29-27-,37-18-,62-58+. The van der Waals surface area contributed by atoms with Crippen molar-refractivity contribution in [1.29, 1.82) is 0 Å². The Morgan fingerprint density at radius 2 is 0.658 bits per heavy atom. The molecule has 76 heavy (non-hydrogen) atoms. The van der Waals surface area contributed by atoms with E-state index in [-0.39, 0.29) is 18.5 Å². The van der Waals surface area contributed by atoms with Gasteiger partial charge in [-0.15, -0.1) is 0 Å². The van der Waals surface area contributed by atoms with Gasteiger partial charge in [-0.25, -0.2) is 0 Å². The molecule has 0 saturated heterocycles. The number of ether oxygens (including phenoxy) is 1. The Bertz CT molecular complexity index is 1270. The summed E-state index contributed by atoms with van der Waals surface area (Å²) in [5, 5.41) is 23.1. The summed E-state index contributed by atoms with van der Waals surface area (Å²) in [6.45, 7) is 4.90. The van der Waals surface area contributed by atoms with E-state index in [1.807, 2.05) is 6.08 Å². The number of aliphatic hydroxyl groups is 2. The molecule has 0 heterocycles. The van der Waals surface area contributed by atoms with Gasteiger partial charge < -0.3 is 20.3 Å². The van der Waals surface area contributed by atoms with Gasteiger partial charge in [-0.2, -0.15) is 0 Å². The average Bonchev–Trinajstić information content (AvgIpc) is 3.42. The fourth-order valence-corrected chi connectivity index (χ4v) is 10.4. The minimum atomic E-state index is -0.843. The SMILES string of the molecule is CCCCCCCCC/C=C\CCCCCCCC(=O)OCCCCCCCCCCC/C=C\C/C=C\CCCCCCCCCCCCCCCCCC(=O)NC(CO)C(O)/C=C/CCCCCCCCCCCC. The van der Waals surface area contributed by atoms with Gasteiger partial charge >= 0.3 is 5.97 Å². The summed E-state index contributed by atoms with van der Waals surface area (Å²) >= 11 is 0. The third-order valence-electron chi connectivity index (χ3n) is 15.6. The van der Waals surface area contributed by atoms with Gasteiger partial charge in [0.1, 0.15) is 0 Å². The van der Waals surface area contributed by atoms with Crippen LogP contribution in [0, 0.1) is 0 Å². The second-order valence-electron chi connectivity index (χ2n) is 23.1. The predicted octanol–water partition coefficient (Wildman–Crippen LogP) is 21.7. The van der Waals surface area contributed by atoms with E-state index in [4.69, 9.17) is 4.74 Å². The lowest BCUT2D eigenvalue weighted by molar-refractivity contribution is -0.143. The Hall–Kier alpha value is -2.18. The van der Waals surface area contributed by atoms with Gasteiger partial charge in [-0.3, -0.25) is 9.59 Å². The minimum absolute atomic E-state index is 0.00542. The summed E-state index contributed by atoms with van der Waals surface area (Å²) in [6.07, 6.45) is 84.7. The first-order chi connectivity index (χ1) is 37.5. The molecule has 0 aliphatic carbocycles. The number of carbonyl (C=O) groups excluding carboxylic acids is 2. The van der Waals surface area contributed by atoms with Gasteiger partial charge in [0.2, 0.25) is 5.91 Å². The van der Waals surface area contributed by atoms with Crippen molar-refractivity contribution in [2.45, 2.75) is 373 Å². The molecule has 446 valence electrons. The van der Waals surface area contributed by atoms with Crippen molar-refractivity contribution in [1.82, 2.24) is 5.32 Å². The highest BCUT2D eigenvalue weighted by Gasteiger charge is 2.18. The molecular formula is C70H131NO5. The number of nitrogens with one attached hydrogen (secondary N) is 1. The highest BCUT2D eigenvalue weighted by molar-refractivity contribution is 5.76. The van der Waals surface area contributed by atoms with E-state index < -0.39 is 12.1 Å². The summed E-state index contributed by atoms with van der Waals surface area (Å²) in [4.78, 5) is 24.5. The number of aliphatic hydroxyl groups excluding tert-OH is 2. The lowest BCUT2D eigenvalue weighted by Crippen LogP contribution is -2.45. The number of hydrogen-bond donors (Lipinski definition) is 3. The second-order valence-corrected chi connectivity index (χ2v) is 23.1. The third-order valence-corrected chi connectivity index (χ3v) is 15.6. The van der Waals surface area contributed by atoms with Crippen LogP contribution in [0.5, 0.6) is 0 Å². The van der Waals surface area contributed by atoms with Gasteiger partial charge in [0.05, 0.1) is 25.4 Å². The molecule has 2 atom stereocenters. The maximum absolute atomic E-state index is 12.4. The summed E-state index contributed by atoms with van der Waals surface area (Å²) in [7, 11) is 0. The van der Waals surface area contributed by atoms with Crippen LogP contribution in [-0.2, 0) is 14.3 Å². The zero-order valence-electron chi connectivity index (χ0n) is 51.0. The van der Waals surface area contributed by atoms with E-state index >= 15 is 0 Å². The smallest absolute Gasteiger partial charge is 0.305 e. The van der Waals surface area contributed by atoms with E-state index in [0.29, 0.717) is 19.4 Å². The molecule has 0 aromatic carbocycles. The maximum atomic E-state index is 12.4. The number of hydrogen-bond acceptors (Lipinski definition) is 5. The fraction of sp³-hybridized carbons (Fsp3) is 0.857. The van der Waals surface area contributed by atoms with Crippen molar-refractivity contribution >= 4 is 11.9 Å². The Balaban J connectivity index is 3.39. The Labute approximate surface area is 474 Å². The summed E-state index contributed by atoms with van der Waals surface area (Å²) < 4.78 is 5.49. The van der Waals surface area contributed by atoms with Crippen molar-refractivity contribution in [3.63, 3.8) is 0 Å². The topological polar surface area (TPSA) is 95.9 Å². The number of allylic oxidation sites excluding steroid dienone is 7. The Kier molecular flexibility index (Phi) is 63.5. The summed E-state index contributed by atoms with van der Waals surface area (Å²) in [5.41, 5.74) is 0. The first-order valence-corrected chi connectivity index (χ1v) is 33.9. The molecule has 6 nitrogen and oxygen atoms in total. The molecule has 0 aliphatic heterocycles. The molecule has 0 aromatic rings. The molecular weight excluding hydrogens is 935 g/mol. The molecule has 0 radical (unpaired) electrons. The first-order valence-electron chi connectivity index (χ1n) is 33.9. The molecule has 0 aliphatic rings. The number of carbonyl (C=O) groups is 2. The van der Waals surface area contributed by atoms with Gasteiger partial charge in [0, 0.05) is 12.8 Å². The molecule has 0 aromatic heterocycles. The largest absolute Gasteiger partial charge is 0.466 e. The number of rotatable bonds is 63. The Morgan fingerprint density at radius 3 is 1.01 bits per heavy atom. The van der Waals surface area contributed by atoms with Crippen LogP contribution in [0.1, 0.15) is 361 Å². The maximum Gasteiger partial charge on any atom is 0.305 e. The zero-order valence-corrected chi connectivity index (χ0v) is 51.0. The van der Waals surface area contributed by atoms with Crippen molar-refractivity contribution in [3.8, 4) is 0 Å². The molecule has 0 bridgehead atoms. The van der Waals surface area contributed by atoms with E-state index in [0.717, 1.165) is 51.4 Å². The van der Waals surface area contributed by atoms with Crippen LogP contribution in [0.3, 0.4) is 0 Å². The number of unbranched alkanes of at least 4 members (excludes halogenated alkanes) is 46. The molecule has 3 N–H and O–H groups in total. The molecule has 1 amide bonds. The van der Waals surface area contributed by atoms with Crippen molar-refractivity contribution < 1.29 is 24.5 Å². The second kappa shape index (κ2) is 65.3. The van der Waals surface area contributed by atoms with Crippen LogP contribution in [-0.4, -0.2) is 47.4 Å². The van der Waals surface area contributed by atoms with Crippen molar-refractivity contribution in [3.05, 3.63) is 48.6 Å². The van der Waals surface area contributed by atoms with Gasteiger partial charge in [0.15, 0.2) is 0 Å². The van der Waals surface area contributed by atoms with Crippen LogP contribution in [0.2, 0.25) is 0 Å². The van der Waals surface area contributed by atoms with E-state index in [1.54, 1.807) is 6.08 Å². The van der Waals surface area contributed by atoms with Crippen LogP contribution in [0.25, 0.3) is 0 Å². The summed E-state index contributed by atoms with van der Waals surface area (Å²) in [6, 6.07) is -0.627. The van der Waals surface area contributed by atoms with Crippen molar-refractivity contribution in [2.24, 2.45) is 0 Å². The summed E-state index contributed by atoms with van der Waals surface area (Å²) in [5.74, 6) is -0.0620. The fourth-order valence-electron chi connectivity index (χ4n) is 10.4. The van der Waals surface area contributed by atoms with Crippen molar-refractivity contribution in [2.75, 3.05) is 13.2 Å². The normalized spacial score (nSPS) is 12.8. The Morgan fingerprint density at radius 1 is 0.368 bits per heavy atom. The van der Waals surface area contributed by atoms with E-state index in [2.05, 4.69) is 55.6 Å². The van der Waals surface area contributed by atoms with E-state index in [1.165, 1.54) is 283 Å². The predicted molar refractivity (Wildman–Crippen MR) is 333 cm³/mol. The highest BCUT2D eigenvalue weighted by Crippen LogP contribution is 2.17. The minimum Gasteiger partial charge on any atom is -0.466 e. The van der Waals surface area contributed by atoms with Crippen LogP contribution < -0.4 is 5.32 Å². The lowest BCUT2D eigenvalue weighted by atomic mass is 10.0. The van der Waals surface area contributed by atoms with Gasteiger partial charge in [0.25, 0.3) is 0 Å². The van der Waals surface area contributed by atoms with Crippen LogP contribution in [0.15, 0.2) is 48.6 Å².